The fourth-order valence-corrected chi connectivity index (χ4v) is 4.92. The van der Waals surface area contributed by atoms with Crippen LogP contribution >= 0.6 is 0 Å². The number of ketones is 1. The predicted octanol–water partition coefficient (Wildman–Crippen LogP) is 6.61. The van der Waals surface area contributed by atoms with E-state index >= 15 is 0 Å². The summed E-state index contributed by atoms with van der Waals surface area (Å²) in [5, 5.41) is 2.80. The lowest BCUT2D eigenvalue weighted by Gasteiger charge is -2.23. The molecule has 0 aliphatic rings. The number of imidazole rings is 1. The molecule has 3 aromatic heterocycles. The van der Waals surface area contributed by atoms with Crippen LogP contribution in [0, 0.1) is 0 Å². The third-order valence-electron chi connectivity index (χ3n) is 7.12. The van der Waals surface area contributed by atoms with Gasteiger partial charge < -0.3 is 14.3 Å². The molecule has 3 heterocycles. The van der Waals surface area contributed by atoms with Crippen LogP contribution in [0.1, 0.15) is 61.2 Å². The monoisotopic (exact) mass is 504 g/mol. The van der Waals surface area contributed by atoms with Gasteiger partial charge >= 0.3 is 0 Å². The molecule has 5 rings (SSSR count). The molecule has 1 N–H and O–H groups in total. The van der Waals surface area contributed by atoms with Crippen LogP contribution in [-0.2, 0) is 17.3 Å². The van der Waals surface area contributed by atoms with Crippen molar-refractivity contribution in [1.82, 2.24) is 14.0 Å². The molecule has 6 nitrogen and oxygen atoms in total. The summed E-state index contributed by atoms with van der Waals surface area (Å²) in [6, 6.07) is 24.9. The highest BCUT2D eigenvalue weighted by atomic mass is 16.2. The number of rotatable bonds is 7. The Balaban J connectivity index is 1.40. The summed E-state index contributed by atoms with van der Waals surface area (Å²) in [4.78, 5) is 31.5. The Morgan fingerprint density at radius 2 is 1.61 bits per heavy atom. The van der Waals surface area contributed by atoms with Gasteiger partial charge in [0.15, 0.2) is 0 Å². The number of carbonyl (C=O) groups excluding carboxylic acids is 2. The molecule has 192 valence electrons. The van der Waals surface area contributed by atoms with Crippen LogP contribution in [0.2, 0.25) is 0 Å². The second kappa shape index (κ2) is 9.78. The standard InChI is InChI=1S/C32H32N4O2/c1-21(2)30-34-27(20-35(30)5)32(3,4)23-14-16-24(17-15-23)33-31(38)29(37)28-26(22-11-7-6-8-12-22)19-25-13-9-10-18-36(25)28/h6-21H,1-5H3,(H,33,38). The molecule has 0 aliphatic heterocycles. The average molecular weight is 505 g/mol. The second-order valence-corrected chi connectivity index (χ2v) is 10.5. The Bertz CT molecular complexity index is 1620. The number of fused-ring (bicyclic) bond motifs is 1. The van der Waals surface area contributed by atoms with E-state index in [0.29, 0.717) is 17.3 Å². The minimum Gasteiger partial charge on any atom is -0.337 e. The summed E-state index contributed by atoms with van der Waals surface area (Å²) in [5.41, 5.74) is 5.11. The third-order valence-corrected chi connectivity index (χ3v) is 7.12. The van der Waals surface area contributed by atoms with Crippen LogP contribution in [-0.4, -0.2) is 25.6 Å². The van der Waals surface area contributed by atoms with Crippen molar-refractivity contribution in [2.75, 3.05) is 5.32 Å². The molecule has 38 heavy (non-hydrogen) atoms. The number of nitrogens with zero attached hydrogens (tertiary/aromatic N) is 3. The van der Waals surface area contributed by atoms with Crippen molar-refractivity contribution >= 4 is 22.9 Å². The first-order chi connectivity index (χ1) is 18.2. The largest absolute Gasteiger partial charge is 0.337 e. The number of hydrogen-bond donors (Lipinski definition) is 1. The first-order valence-electron chi connectivity index (χ1n) is 12.8. The molecular formula is C32H32N4O2. The molecule has 0 spiro atoms. The first-order valence-corrected chi connectivity index (χ1v) is 12.8. The Morgan fingerprint density at radius 1 is 0.921 bits per heavy atom. The summed E-state index contributed by atoms with van der Waals surface area (Å²) < 4.78 is 3.85. The van der Waals surface area contributed by atoms with Gasteiger partial charge in [0.1, 0.15) is 11.5 Å². The highest BCUT2D eigenvalue weighted by Gasteiger charge is 2.28. The maximum absolute atomic E-state index is 13.5. The van der Waals surface area contributed by atoms with Crippen LogP contribution in [0.15, 0.2) is 91.3 Å². The lowest BCUT2D eigenvalue weighted by Crippen LogP contribution is -2.25. The van der Waals surface area contributed by atoms with Crippen LogP contribution in [0.4, 0.5) is 5.69 Å². The van der Waals surface area contributed by atoms with Crippen molar-refractivity contribution in [2.24, 2.45) is 7.05 Å². The molecule has 0 bridgehead atoms. The third kappa shape index (κ3) is 4.54. The Hall–Kier alpha value is -4.45. The molecular weight excluding hydrogens is 472 g/mol. The zero-order chi connectivity index (χ0) is 27.0. The zero-order valence-corrected chi connectivity index (χ0v) is 22.4. The zero-order valence-electron chi connectivity index (χ0n) is 22.4. The van der Waals surface area contributed by atoms with E-state index in [2.05, 4.69) is 43.8 Å². The molecule has 0 saturated carbocycles. The quantitative estimate of drug-likeness (QED) is 0.200. The molecule has 2 aromatic carbocycles. The van der Waals surface area contributed by atoms with E-state index in [0.717, 1.165) is 33.7 Å². The fraction of sp³-hybridized carbons (Fsp3) is 0.219. The van der Waals surface area contributed by atoms with Crippen molar-refractivity contribution < 1.29 is 9.59 Å². The molecule has 0 atom stereocenters. The van der Waals surface area contributed by atoms with E-state index in [1.54, 1.807) is 4.40 Å². The van der Waals surface area contributed by atoms with Gasteiger partial charge in [-0.15, -0.1) is 0 Å². The minimum absolute atomic E-state index is 0.321. The van der Waals surface area contributed by atoms with Gasteiger partial charge in [-0.2, -0.15) is 0 Å². The van der Waals surface area contributed by atoms with Gasteiger partial charge in [-0.3, -0.25) is 9.59 Å². The van der Waals surface area contributed by atoms with Gasteiger partial charge in [-0.25, -0.2) is 4.98 Å². The van der Waals surface area contributed by atoms with E-state index in [9.17, 15) is 9.59 Å². The first kappa shape index (κ1) is 25.2. The van der Waals surface area contributed by atoms with Crippen molar-refractivity contribution in [1.29, 1.82) is 0 Å². The molecule has 0 saturated heterocycles. The van der Waals surface area contributed by atoms with E-state index in [1.807, 2.05) is 92.1 Å². The highest BCUT2D eigenvalue weighted by Crippen LogP contribution is 2.33. The van der Waals surface area contributed by atoms with E-state index in [4.69, 9.17) is 4.98 Å². The van der Waals surface area contributed by atoms with Crippen LogP contribution in [0.3, 0.4) is 0 Å². The topological polar surface area (TPSA) is 68.4 Å². The van der Waals surface area contributed by atoms with Crippen molar-refractivity contribution in [3.8, 4) is 11.1 Å². The number of benzene rings is 2. The number of carbonyl (C=O) groups is 2. The normalized spacial score (nSPS) is 11.7. The number of amides is 1. The summed E-state index contributed by atoms with van der Waals surface area (Å²) in [6.07, 6.45) is 3.89. The number of pyridine rings is 1. The van der Waals surface area contributed by atoms with E-state index in [-0.39, 0.29) is 5.41 Å². The molecule has 6 heteroatoms. The lowest BCUT2D eigenvalue weighted by atomic mass is 9.82. The summed E-state index contributed by atoms with van der Waals surface area (Å²) in [6.45, 7) is 8.55. The average Bonchev–Trinajstić information content (AvgIpc) is 3.50. The fourth-order valence-electron chi connectivity index (χ4n) is 4.92. The predicted molar refractivity (Wildman–Crippen MR) is 152 cm³/mol. The number of aryl methyl sites for hydroxylation is 1. The lowest BCUT2D eigenvalue weighted by molar-refractivity contribution is -0.112. The van der Waals surface area contributed by atoms with E-state index < -0.39 is 11.7 Å². The number of aromatic nitrogens is 3. The SMILES string of the molecule is CC(C)c1nc(C(C)(C)c2ccc(NC(=O)C(=O)c3c(-c4ccccc4)cc4ccccn34)cc2)cn1C. The van der Waals surface area contributed by atoms with E-state index in [1.165, 1.54) is 0 Å². The Kier molecular flexibility index (Phi) is 6.49. The summed E-state index contributed by atoms with van der Waals surface area (Å²) in [7, 11) is 2.02. The van der Waals surface area contributed by atoms with Crippen LogP contribution in [0.25, 0.3) is 16.6 Å². The Labute approximate surface area is 223 Å². The minimum atomic E-state index is -0.677. The molecule has 5 aromatic rings. The van der Waals surface area contributed by atoms with Crippen molar-refractivity contribution in [3.63, 3.8) is 0 Å². The molecule has 0 unspecified atom stereocenters. The second-order valence-electron chi connectivity index (χ2n) is 10.5. The van der Waals surface area contributed by atoms with Crippen molar-refractivity contribution in [2.45, 2.75) is 39.0 Å². The van der Waals surface area contributed by atoms with Gasteiger partial charge in [0.2, 0.25) is 0 Å². The van der Waals surface area contributed by atoms with Gasteiger partial charge in [-0.1, -0.05) is 76.2 Å². The van der Waals surface area contributed by atoms with Crippen molar-refractivity contribution in [3.05, 3.63) is 114 Å². The molecule has 0 aliphatic carbocycles. The smallest absolute Gasteiger partial charge is 0.298 e. The summed E-state index contributed by atoms with van der Waals surface area (Å²) >= 11 is 0. The van der Waals surface area contributed by atoms with Crippen LogP contribution in [0.5, 0.6) is 0 Å². The van der Waals surface area contributed by atoms with Crippen LogP contribution < -0.4 is 5.32 Å². The van der Waals surface area contributed by atoms with Gasteiger partial charge in [0.25, 0.3) is 11.7 Å². The number of nitrogens with one attached hydrogen (secondary N) is 1. The highest BCUT2D eigenvalue weighted by molar-refractivity contribution is 6.47. The molecule has 0 radical (unpaired) electrons. The maximum atomic E-state index is 13.5. The number of hydrogen-bond acceptors (Lipinski definition) is 3. The van der Waals surface area contributed by atoms with Gasteiger partial charge in [0, 0.05) is 47.5 Å². The maximum Gasteiger partial charge on any atom is 0.298 e. The Morgan fingerprint density at radius 3 is 2.26 bits per heavy atom. The summed E-state index contributed by atoms with van der Waals surface area (Å²) in [5.74, 6) is 0.113. The number of Topliss-reactive ketones (excluding diaryl/α,β-unsaturated/α-hetero) is 1. The van der Waals surface area contributed by atoms with Gasteiger partial charge in [-0.05, 0) is 41.5 Å². The van der Waals surface area contributed by atoms with Gasteiger partial charge in [0.05, 0.1) is 5.69 Å². The molecule has 1 amide bonds. The molecule has 0 fully saturated rings. The number of anilines is 1.